The largest absolute Gasteiger partial charge is 0.316 e. The van der Waals surface area contributed by atoms with Crippen LogP contribution in [0.1, 0.15) is 15.3 Å². The molecule has 0 saturated carbocycles. The number of hydroxylamine groups is 1. The van der Waals surface area contributed by atoms with Crippen LogP contribution in [0.25, 0.3) is 0 Å². The Kier molecular flexibility index (Phi) is 2.64. The first-order valence-corrected chi connectivity index (χ1v) is 5.27. The zero-order valence-electron chi connectivity index (χ0n) is 7.71. The van der Waals surface area contributed by atoms with Gasteiger partial charge < -0.3 is 10.1 Å². The van der Waals surface area contributed by atoms with Crippen molar-refractivity contribution in [2.45, 2.75) is 19.5 Å². The number of fused-ring (bicyclic) bond motifs is 1. The van der Waals surface area contributed by atoms with Gasteiger partial charge in [0.25, 0.3) is 0 Å². The molecule has 13 heavy (non-hydrogen) atoms. The maximum Gasteiger partial charge on any atom is 0.0552 e. The van der Waals surface area contributed by atoms with E-state index >= 15 is 0 Å². The second kappa shape index (κ2) is 3.75. The summed E-state index contributed by atoms with van der Waals surface area (Å²) in [7, 11) is 2.14. The number of rotatable bonds is 2. The van der Waals surface area contributed by atoms with Crippen molar-refractivity contribution in [2.24, 2.45) is 0 Å². The van der Waals surface area contributed by atoms with E-state index in [1.807, 2.05) is 11.3 Å². The molecule has 0 fully saturated rings. The Hall–Kier alpha value is -0.420. The van der Waals surface area contributed by atoms with E-state index in [4.69, 9.17) is 5.21 Å². The van der Waals surface area contributed by atoms with Crippen molar-refractivity contribution in [2.75, 3.05) is 13.6 Å². The number of thiophene rings is 1. The van der Waals surface area contributed by atoms with Crippen LogP contribution in [0.4, 0.5) is 0 Å². The molecule has 1 aliphatic heterocycles. The van der Waals surface area contributed by atoms with Crippen LogP contribution < -0.4 is 5.48 Å². The quantitative estimate of drug-likeness (QED) is 0.701. The topological polar surface area (TPSA) is 35.5 Å². The highest BCUT2D eigenvalue weighted by molar-refractivity contribution is 7.12. The fourth-order valence-corrected chi connectivity index (χ4v) is 2.80. The number of likely N-dealkylation sites (N-methyl/N-ethyl adjacent to an activating group) is 1. The van der Waals surface area contributed by atoms with Crippen molar-refractivity contribution >= 4 is 11.3 Å². The van der Waals surface area contributed by atoms with Crippen LogP contribution in [0.2, 0.25) is 0 Å². The molecule has 0 atom stereocenters. The molecule has 4 heteroatoms. The van der Waals surface area contributed by atoms with Gasteiger partial charge in [0.15, 0.2) is 0 Å². The molecule has 3 nitrogen and oxygen atoms in total. The molecule has 0 radical (unpaired) electrons. The van der Waals surface area contributed by atoms with Gasteiger partial charge in [-0.2, -0.15) is 0 Å². The Morgan fingerprint density at radius 3 is 3.31 bits per heavy atom. The van der Waals surface area contributed by atoms with Gasteiger partial charge in [-0.25, -0.2) is 5.48 Å². The van der Waals surface area contributed by atoms with E-state index in [1.165, 1.54) is 15.3 Å². The average molecular weight is 198 g/mol. The molecule has 0 saturated heterocycles. The van der Waals surface area contributed by atoms with E-state index in [1.54, 1.807) is 0 Å². The van der Waals surface area contributed by atoms with Gasteiger partial charge in [0.05, 0.1) is 6.54 Å². The number of hydrogen-bond acceptors (Lipinski definition) is 4. The van der Waals surface area contributed by atoms with Crippen LogP contribution in [-0.4, -0.2) is 23.7 Å². The number of hydrogen-bond donors (Lipinski definition) is 2. The maximum atomic E-state index is 8.58. The summed E-state index contributed by atoms with van der Waals surface area (Å²) in [6.45, 7) is 2.78. The number of nitrogens with zero attached hydrogens (tertiary/aromatic N) is 1. The molecule has 2 rings (SSSR count). The Morgan fingerprint density at radius 2 is 2.54 bits per heavy atom. The van der Waals surface area contributed by atoms with E-state index in [0.29, 0.717) is 6.54 Å². The summed E-state index contributed by atoms with van der Waals surface area (Å²) in [5, 5.41) is 8.58. The molecule has 0 spiro atoms. The maximum absolute atomic E-state index is 8.58. The fourth-order valence-electron chi connectivity index (χ4n) is 1.70. The second-order valence-electron chi connectivity index (χ2n) is 3.48. The summed E-state index contributed by atoms with van der Waals surface area (Å²) in [6.07, 6.45) is 1.15. The third-order valence-electron chi connectivity index (χ3n) is 2.36. The summed E-state index contributed by atoms with van der Waals surface area (Å²) < 4.78 is 0. The third kappa shape index (κ3) is 1.91. The van der Waals surface area contributed by atoms with Gasteiger partial charge in [0, 0.05) is 22.8 Å². The fraction of sp³-hybridized carbons (Fsp3) is 0.556. The van der Waals surface area contributed by atoms with E-state index in [2.05, 4.69) is 23.5 Å². The van der Waals surface area contributed by atoms with Crippen molar-refractivity contribution in [3.63, 3.8) is 0 Å². The van der Waals surface area contributed by atoms with Crippen molar-refractivity contribution in [1.82, 2.24) is 10.4 Å². The predicted molar refractivity (Wildman–Crippen MR) is 53.0 cm³/mol. The van der Waals surface area contributed by atoms with E-state index in [9.17, 15) is 0 Å². The van der Waals surface area contributed by atoms with Gasteiger partial charge >= 0.3 is 0 Å². The molecule has 1 aliphatic rings. The smallest absolute Gasteiger partial charge is 0.0552 e. The lowest BCUT2D eigenvalue weighted by atomic mass is 10.1. The first kappa shape index (κ1) is 9.15. The van der Waals surface area contributed by atoms with Gasteiger partial charge in [0.1, 0.15) is 0 Å². The molecule has 0 aromatic carbocycles. The van der Waals surface area contributed by atoms with E-state index < -0.39 is 0 Å². The minimum absolute atomic E-state index is 0.571. The Balaban J connectivity index is 2.18. The molecular weight excluding hydrogens is 184 g/mol. The van der Waals surface area contributed by atoms with Gasteiger partial charge in [-0.3, -0.25) is 0 Å². The van der Waals surface area contributed by atoms with Crippen molar-refractivity contribution < 1.29 is 5.21 Å². The van der Waals surface area contributed by atoms with Crippen molar-refractivity contribution in [3.05, 3.63) is 21.4 Å². The van der Waals surface area contributed by atoms with Crippen LogP contribution >= 0.6 is 11.3 Å². The van der Waals surface area contributed by atoms with Gasteiger partial charge in [-0.1, -0.05) is 0 Å². The number of nitrogens with one attached hydrogen (secondary N) is 1. The molecule has 2 N–H and O–H groups in total. The van der Waals surface area contributed by atoms with E-state index in [-0.39, 0.29) is 0 Å². The highest BCUT2D eigenvalue weighted by atomic mass is 32.1. The Bertz CT molecular complexity index is 298. The van der Waals surface area contributed by atoms with Gasteiger partial charge in [0.2, 0.25) is 0 Å². The monoisotopic (exact) mass is 198 g/mol. The predicted octanol–water partition coefficient (Wildman–Crippen LogP) is 1.21. The molecule has 1 aromatic rings. The third-order valence-corrected chi connectivity index (χ3v) is 3.60. The van der Waals surface area contributed by atoms with Crippen molar-refractivity contribution in [3.8, 4) is 0 Å². The molecule has 0 aliphatic carbocycles. The van der Waals surface area contributed by atoms with Crippen LogP contribution in [0, 0.1) is 0 Å². The molecule has 1 aromatic heterocycles. The second-order valence-corrected chi connectivity index (χ2v) is 4.71. The normalized spacial score (nSPS) is 17.4. The van der Waals surface area contributed by atoms with Crippen LogP contribution in [0.15, 0.2) is 6.07 Å². The van der Waals surface area contributed by atoms with Crippen LogP contribution in [0.5, 0.6) is 0 Å². The lowest BCUT2D eigenvalue weighted by Crippen LogP contribution is -2.25. The molecule has 0 bridgehead atoms. The summed E-state index contributed by atoms with van der Waals surface area (Å²) in [5.74, 6) is 0. The molecular formula is C9H14N2OS. The first-order chi connectivity index (χ1) is 6.29. The highest BCUT2D eigenvalue weighted by Crippen LogP contribution is 2.27. The molecule has 72 valence electrons. The Labute approximate surface area is 81.9 Å². The highest BCUT2D eigenvalue weighted by Gasteiger charge is 2.15. The SMILES string of the molecule is CN1CCc2sc(CNO)cc2C1. The van der Waals surface area contributed by atoms with Crippen LogP contribution in [-0.2, 0) is 19.5 Å². The lowest BCUT2D eigenvalue weighted by Gasteiger charge is -2.21. The Morgan fingerprint density at radius 1 is 1.69 bits per heavy atom. The van der Waals surface area contributed by atoms with E-state index in [0.717, 1.165) is 19.5 Å². The molecule has 2 heterocycles. The molecule has 0 unspecified atom stereocenters. The zero-order valence-corrected chi connectivity index (χ0v) is 8.52. The van der Waals surface area contributed by atoms with Gasteiger partial charge in [-0.05, 0) is 25.1 Å². The summed E-state index contributed by atoms with van der Waals surface area (Å²) in [6, 6.07) is 2.19. The first-order valence-electron chi connectivity index (χ1n) is 4.45. The average Bonchev–Trinajstić information content (AvgIpc) is 2.46. The summed E-state index contributed by atoms with van der Waals surface area (Å²) in [4.78, 5) is 5.04. The summed E-state index contributed by atoms with van der Waals surface area (Å²) in [5.41, 5.74) is 3.64. The van der Waals surface area contributed by atoms with Crippen LogP contribution in [0.3, 0.4) is 0 Å². The minimum atomic E-state index is 0.571. The van der Waals surface area contributed by atoms with Gasteiger partial charge in [-0.15, -0.1) is 11.3 Å². The zero-order chi connectivity index (χ0) is 9.26. The lowest BCUT2D eigenvalue weighted by molar-refractivity contribution is 0.162. The summed E-state index contributed by atoms with van der Waals surface area (Å²) >= 11 is 1.81. The van der Waals surface area contributed by atoms with Crippen molar-refractivity contribution in [1.29, 1.82) is 0 Å². The standard InChI is InChI=1S/C9H14N2OS/c1-11-3-2-9-7(6-11)4-8(13-9)5-10-12/h4,10,12H,2-3,5-6H2,1H3. The molecule has 0 amide bonds. The minimum Gasteiger partial charge on any atom is -0.316 e.